The number of carbonyl (C=O) groups excluding carboxylic acids is 2. The number of nitrogens with one attached hydrogen (secondary N) is 1. The van der Waals surface area contributed by atoms with Gasteiger partial charge in [-0.25, -0.2) is 19.4 Å². The second-order valence-corrected chi connectivity index (χ2v) is 7.84. The topological polar surface area (TPSA) is 99.0 Å². The number of anilines is 1. The van der Waals surface area contributed by atoms with Crippen molar-refractivity contribution in [3.63, 3.8) is 0 Å². The number of ether oxygens (including phenoxy) is 1. The average Bonchev–Trinajstić information content (AvgIpc) is 3.45. The summed E-state index contributed by atoms with van der Waals surface area (Å²) >= 11 is 1.31. The zero-order valence-corrected chi connectivity index (χ0v) is 18.4. The van der Waals surface area contributed by atoms with Crippen LogP contribution >= 0.6 is 11.3 Å². The van der Waals surface area contributed by atoms with Crippen LogP contribution in [-0.4, -0.2) is 38.2 Å². The van der Waals surface area contributed by atoms with Crippen LogP contribution in [-0.2, 0) is 16.0 Å². The van der Waals surface area contributed by atoms with Crippen molar-refractivity contribution < 1.29 is 14.3 Å². The van der Waals surface area contributed by atoms with E-state index in [-0.39, 0.29) is 0 Å². The minimum absolute atomic E-state index is 0.307. The van der Waals surface area contributed by atoms with Gasteiger partial charge < -0.3 is 4.74 Å². The number of carbonyl (C=O) groups is 2. The van der Waals surface area contributed by atoms with E-state index < -0.39 is 18.5 Å². The maximum absolute atomic E-state index is 12.6. The molecule has 3 aromatic heterocycles. The highest BCUT2D eigenvalue weighted by molar-refractivity contribution is 7.14. The molecule has 0 unspecified atom stereocenters. The maximum Gasteiger partial charge on any atom is 0.342 e. The Morgan fingerprint density at radius 1 is 1.16 bits per heavy atom. The summed E-state index contributed by atoms with van der Waals surface area (Å²) in [5.41, 5.74) is 3.88. The summed E-state index contributed by atoms with van der Waals surface area (Å²) in [6.07, 6.45) is 3.64. The lowest BCUT2D eigenvalue weighted by atomic mass is 10.1. The minimum Gasteiger partial charge on any atom is -0.452 e. The van der Waals surface area contributed by atoms with E-state index in [1.54, 1.807) is 23.0 Å². The molecule has 0 fully saturated rings. The fraction of sp³-hybridized carbons (Fsp3) is 0.174. The van der Waals surface area contributed by atoms with Crippen LogP contribution in [0.4, 0.5) is 5.13 Å². The lowest BCUT2D eigenvalue weighted by molar-refractivity contribution is -0.119. The van der Waals surface area contributed by atoms with Gasteiger partial charge in [-0.05, 0) is 25.5 Å². The number of aromatic nitrogens is 4. The van der Waals surface area contributed by atoms with Crippen molar-refractivity contribution in [1.82, 2.24) is 19.7 Å². The molecule has 162 valence electrons. The van der Waals surface area contributed by atoms with Crippen LogP contribution in [0.15, 0.2) is 60.2 Å². The third-order valence-corrected chi connectivity index (χ3v) is 5.48. The highest BCUT2D eigenvalue weighted by Gasteiger charge is 2.20. The van der Waals surface area contributed by atoms with Gasteiger partial charge in [0, 0.05) is 17.1 Å². The fourth-order valence-corrected chi connectivity index (χ4v) is 3.85. The van der Waals surface area contributed by atoms with Crippen LogP contribution in [0.2, 0.25) is 0 Å². The molecule has 1 aromatic carbocycles. The molecule has 3 heterocycles. The average molecular weight is 448 g/mol. The van der Waals surface area contributed by atoms with Crippen LogP contribution in [0.25, 0.3) is 17.1 Å². The second-order valence-electron chi connectivity index (χ2n) is 6.99. The van der Waals surface area contributed by atoms with Gasteiger partial charge in [0.15, 0.2) is 17.6 Å². The van der Waals surface area contributed by atoms with Gasteiger partial charge in [0.1, 0.15) is 5.56 Å². The van der Waals surface area contributed by atoms with E-state index in [1.165, 1.54) is 17.5 Å². The van der Waals surface area contributed by atoms with Crippen molar-refractivity contribution in [2.24, 2.45) is 0 Å². The smallest absolute Gasteiger partial charge is 0.342 e. The van der Waals surface area contributed by atoms with Gasteiger partial charge in [-0.15, -0.1) is 11.3 Å². The van der Waals surface area contributed by atoms with Crippen molar-refractivity contribution in [3.8, 4) is 17.1 Å². The van der Waals surface area contributed by atoms with E-state index in [0.29, 0.717) is 28.6 Å². The van der Waals surface area contributed by atoms with Gasteiger partial charge in [0.05, 0.1) is 17.6 Å². The summed E-state index contributed by atoms with van der Waals surface area (Å²) < 4.78 is 6.81. The summed E-state index contributed by atoms with van der Waals surface area (Å²) in [5.74, 6) is -0.466. The number of hydrogen-bond acceptors (Lipinski definition) is 7. The molecule has 0 aliphatic rings. The molecule has 0 bridgehead atoms. The van der Waals surface area contributed by atoms with Crippen molar-refractivity contribution in [2.75, 3.05) is 11.9 Å². The molecule has 0 aliphatic heterocycles. The molecule has 8 nitrogen and oxygen atoms in total. The van der Waals surface area contributed by atoms with E-state index in [2.05, 4.69) is 20.4 Å². The maximum atomic E-state index is 12.6. The first-order valence-electron chi connectivity index (χ1n) is 10.0. The quantitative estimate of drug-likeness (QED) is 0.429. The van der Waals surface area contributed by atoms with E-state index in [0.717, 1.165) is 16.8 Å². The molecule has 0 radical (unpaired) electrons. The molecule has 32 heavy (non-hydrogen) atoms. The Labute approximate surface area is 188 Å². The van der Waals surface area contributed by atoms with E-state index in [1.807, 2.05) is 49.6 Å². The van der Waals surface area contributed by atoms with Gasteiger partial charge >= 0.3 is 5.97 Å². The van der Waals surface area contributed by atoms with Gasteiger partial charge in [0.25, 0.3) is 5.91 Å². The highest BCUT2D eigenvalue weighted by atomic mass is 32.1. The van der Waals surface area contributed by atoms with Crippen molar-refractivity contribution in [1.29, 1.82) is 0 Å². The standard InChI is InChI=1S/C23H21N5O3S/c1-3-19-17(12-25-28(19)20-6-4-5-11-24-20)22(30)31-13-21(29)27-23-26-18(14-32-23)16-9-7-15(2)8-10-16/h4-12,14H,3,13H2,1-2H3,(H,26,27,29). The first-order valence-corrected chi connectivity index (χ1v) is 10.9. The summed E-state index contributed by atoms with van der Waals surface area (Å²) in [4.78, 5) is 33.5. The highest BCUT2D eigenvalue weighted by Crippen LogP contribution is 2.25. The van der Waals surface area contributed by atoms with Gasteiger partial charge in [-0.2, -0.15) is 5.10 Å². The van der Waals surface area contributed by atoms with Gasteiger partial charge in [-0.3, -0.25) is 10.1 Å². The Bertz CT molecular complexity index is 1230. The minimum atomic E-state index is -0.612. The monoisotopic (exact) mass is 447 g/mol. The van der Waals surface area contributed by atoms with E-state index in [4.69, 9.17) is 4.74 Å². The van der Waals surface area contributed by atoms with Crippen LogP contribution < -0.4 is 5.32 Å². The number of esters is 1. The van der Waals surface area contributed by atoms with Crippen LogP contribution in [0, 0.1) is 6.92 Å². The molecule has 0 saturated carbocycles. The number of benzene rings is 1. The number of pyridine rings is 1. The summed E-state index contributed by atoms with van der Waals surface area (Å²) in [6.45, 7) is 3.51. The van der Waals surface area contributed by atoms with Crippen molar-refractivity contribution in [3.05, 3.63) is 77.1 Å². The SMILES string of the molecule is CCc1c(C(=O)OCC(=O)Nc2nc(-c3ccc(C)cc3)cs2)cnn1-c1ccccn1. The predicted molar refractivity (Wildman–Crippen MR) is 122 cm³/mol. The third-order valence-electron chi connectivity index (χ3n) is 4.72. The van der Waals surface area contributed by atoms with E-state index in [9.17, 15) is 9.59 Å². The Morgan fingerprint density at radius 2 is 1.97 bits per heavy atom. The number of aryl methyl sites for hydroxylation is 1. The normalized spacial score (nSPS) is 10.7. The Hall–Kier alpha value is -3.85. The molecule has 0 atom stereocenters. The molecule has 4 rings (SSSR count). The number of amides is 1. The summed E-state index contributed by atoms with van der Waals surface area (Å²) in [6, 6.07) is 13.4. The van der Waals surface area contributed by atoms with Crippen LogP contribution in [0.5, 0.6) is 0 Å². The number of nitrogens with zero attached hydrogens (tertiary/aromatic N) is 4. The number of hydrogen-bond donors (Lipinski definition) is 1. The summed E-state index contributed by atoms with van der Waals surface area (Å²) in [7, 11) is 0. The van der Waals surface area contributed by atoms with Crippen molar-refractivity contribution in [2.45, 2.75) is 20.3 Å². The number of thiazole rings is 1. The second kappa shape index (κ2) is 9.52. The third kappa shape index (κ3) is 4.73. The lowest BCUT2D eigenvalue weighted by Crippen LogP contribution is -2.21. The molecule has 1 amide bonds. The molecule has 0 saturated heterocycles. The molecule has 1 N–H and O–H groups in total. The fourth-order valence-electron chi connectivity index (χ4n) is 3.11. The Morgan fingerprint density at radius 3 is 2.69 bits per heavy atom. The van der Waals surface area contributed by atoms with Crippen LogP contribution in [0.3, 0.4) is 0 Å². The predicted octanol–water partition coefficient (Wildman–Crippen LogP) is 4.06. The zero-order chi connectivity index (χ0) is 22.5. The molecular weight excluding hydrogens is 426 g/mol. The molecule has 0 spiro atoms. The first-order chi connectivity index (χ1) is 15.5. The van der Waals surface area contributed by atoms with Crippen LogP contribution in [0.1, 0.15) is 28.5 Å². The summed E-state index contributed by atoms with van der Waals surface area (Å²) in [5, 5.41) is 9.24. The zero-order valence-electron chi connectivity index (χ0n) is 17.6. The first kappa shape index (κ1) is 21.4. The lowest BCUT2D eigenvalue weighted by Gasteiger charge is -2.07. The Balaban J connectivity index is 1.37. The van der Waals surface area contributed by atoms with Gasteiger partial charge in [0.2, 0.25) is 0 Å². The largest absolute Gasteiger partial charge is 0.452 e. The van der Waals surface area contributed by atoms with Crippen molar-refractivity contribution >= 4 is 28.3 Å². The molecule has 4 aromatic rings. The number of rotatable bonds is 7. The Kier molecular flexibility index (Phi) is 6.37. The molecule has 0 aliphatic carbocycles. The van der Waals surface area contributed by atoms with E-state index >= 15 is 0 Å². The molecular formula is C23H21N5O3S. The van der Waals surface area contributed by atoms with Gasteiger partial charge in [-0.1, -0.05) is 42.8 Å². The molecule has 9 heteroatoms.